The molecule has 2 atom stereocenters. The van der Waals surface area contributed by atoms with Gasteiger partial charge in [-0.15, -0.1) is 0 Å². The van der Waals surface area contributed by atoms with E-state index in [2.05, 4.69) is 15.9 Å². The molecule has 1 saturated heterocycles. The number of sulfone groups is 1. The summed E-state index contributed by atoms with van der Waals surface area (Å²) in [5.41, 5.74) is 0.728. The Balaban J connectivity index is 2.20. The fraction of sp³-hybridized carbons (Fsp3) is 0.462. The van der Waals surface area contributed by atoms with E-state index in [1.165, 1.54) is 0 Å². The summed E-state index contributed by atoms with van der Waals surface area (Å²) >= 11 is 9.39. The number of carboxylic acid groups (broad SMARTS) is 1. The van der Waals surface area contributed by atoms with Crippen LogP contribution in [-0.4, -0.2) is 31.0 Å². The maximum Gasteiger partial charge on any atom is 0.307 e. The van der Waals surface area contributed by atoms with Gasteiger partial charge in [0.15, 0.2) is 9.84 Å². The number of halogens is 2. The van der Waals surface area contributed by atoms with Gasteiger partial charge in [-0.05, 0) is 36.5 Å². The van der Waals surface area contributed by atoms with Crippen molar-refractivity contribution < 1.29 is 18.3 Å². The molecule has 0 bridgehead atoms. The Morgan fingerprint density at radius 1 is 1.50 bits per heavy atom. The van der Waals surface area contributed by atoms with E-state index in [1.54, 1.807) is 18.2 Å². The molecule has 110 valence electrons. The minimum absolute atomic E-state index is 0.0435. The van der Waals surface area contributed by atoms with Crippen molar-refractivity contribution in [1.82, 2.24) is 0 Å². The second-order valence-electron chi connectivity index (χ2n) is 5.05. The van der Waals surface area contributed by atoms with Crippen molar-refractivity contribution in [3.05, 3.63) is 33.3 Å². The Labute approximate surface area is 131 Å². The van der Waals surface area contributed by atoms with Crippen LogP contribution in [0.1, 0.15) is 12.0 Å². The topological polar surface area (TPSA) is 71.4 Å². The molecular weight excluding hydrogens is 368 g/mol. The summed E-state index contributed by atoms with van der Waals surface area (Å²) in [6, 6.07) is 5.28. The largest absolute Gasteiger partial charge is 0.481 e. The predicted octanol–water partition coefficient (Wildman–Crippen LogP) is 2.78. The van der Waals surface area contributed by atoms with Gasteiger partial charge >= 0.3 is 5.97 Å². The van der Waals surface area contributed by atoms with E-state index in [9.17, 15) is 18.3 Å². The van der Waals surface area contributed by atoms with Gasteiger partial charge in [0, 0.05) is 9.50 Å². The number of carbonyl (C=O) groups is 1. The fourth-order valence-corrected chi connectivity index (χ4v) is 5.15. The van der Waals surface area contributed by atoms with E-state index in [1.807, 2.05) is 0 Å². The lowest BCUT2D eigenvalue weighted by Gasteiger charge is -2.19. The molecule has 1 aromatic rings. The second kappa shape index (κ2) is 6.03. The highest BCUT2D eigenvalue weighted by Gasteiger charge is 2.37. The SMILES string of the molecule is O=C(O)C(Cc1ccc(Br)cc1Cl)C1CCS(=O)(=O)C1. The standard InChI is InChI=1S/C13H14BrClO4S/c14-10-2-1-8(12(15)6-10)5-11(13(16)17)9-3-4-20(18,19)7-9/h1-2,6,9,11H,3-5,7H2,(H,16,17). The highest BCUT2D eigenvalue weighted by atomic mass is 79.9. The molecule has 1 aliphatic heterocycles. The number of carboxylic acids is 1. The Kier molecular flexibility index (Phi) is 4.76. The van der Waals surface area contributed by atoms with Gasteiger partial charge in [0.25, 0.3) is 0 Å². The third kappa shape index (κ3) is 3.74. The molecule has 1 fully saturated rings. The van der Waals surface area contributed by atoms with E-state index in [0.717, 1.165) is 10.0 Å². The summed E-state index contributed by atoms with van der Waals surface area (Å²) in [5, 5.41) is 9.86. The lowest BCUT2D eigenvalue weighted by atomic mass is 9.86. The first-order chi connectivity index (χ1) is 9.28. The van der Waals surface area contributed by atoms with Crippen LogP contribution in [0.4, 0.5) is 0 Å². The molecule has 1 heterocycles. The Bertz CT molecular complexity index is 629. The average molecular weight is 382 g/mol. The number of hydrogen-bond donors (Lipinski definition) is 1. The molecule has 20 heavy (non-hydrogen) atoms. The Hall–Kier alpha value is -0.590. The molecule has 1 aliphatic rings. The molecule has 2 rings (SSSR count). The summed E-state index contributed by atoms with van der Waals surface area (Å²) in [6.07, 6.45) is 0.662. The first-order valence-corrected chi connectivity index (χ1v) is 9.15. The average Bonchev–Trinajstić information content (AvgIpc) is 2.68. The molecule has 1 N–H and O–H groups in total. The maximum absolute atomic E-state index is 11.5. The molecule has 2 unspecified atom stereocenters. The van der Waals surface area contributed by atoms with Gasteiger partial charge in [-0.3, -0.25) is 4.79 Å². The van der Waals surface area contributed by atoms with E-state index in [0.29, 0.717) is 11.4 Å². The minimum atomic E-state index is -3.09. The van der Waals surface area contributed by atoms with E-state index in [-0.39, 0.29) is 23.8 Å². The number of hydrogen-bond acceptors (Lipinski definition) is 3. The van der Waals surface area contributed by atoms with Crippen molar-refractivity contribution in [2.75, 3.05) is 11.5 Å². The van der Waals surface area contributed by atoms with Crippen LogP contribution in [0.3, 0.4) is 0 Å². The molecule has 0 aromatic heterocycles. The molecule has 0 radical (unpaired) electrons. The highest BCUT2D eigenvalue weighted by molar-refractivity contribution is 9.10. The molecule has 0 aliphatic carbocycles. The third-order valence-corrected chi connectivity index (χ3v) is 6.25. The van der Waals surface area contributed by atoms with Gasteiger partial charge < -0.3 is 5.11 Å². The maximum atomic E-state index is 11.5. The molecule has 0 spiro atoms. The predicted molar refractivity (Wildman–Crippen MR) is 80.7 cm³/mol. The second-order valence-corrected chi connectivity index (χ2v) is 8.60. The van der Waals surface area contributed by atoms with Gasteiger partial charge in [0.1, 0.15) is 0 Å². The smallest absolute Gasteiger partial charge is 0.307 e. The zero-order chi connectivity index (χ0) is 14.9. The lowest BCUT2D eigenvalue weighted by Crippen LogP contribution is -2.26. The number of benzene rings is 1. The van der Waals surface area contributed by atoms with Crippen molar-refractivity contribution >= 4 is 43.3 Å². The van der Waals surface area contributed by atoms with Crippen molar-refractivity contribution in [3.8, 4) is 0 Å². The van der Waals surface area contributed by atoms with Crippen LogP contribution in [-0.2, 0) is 21.1 Å². The van der Waals surface area contributed by atoms with Crippen LogP contribution in [0.5, 0.6) is 0 Å². The normalized spacial score (nSPS) is 22.6. The number of rotatable bonds is 4. The molecule has 0 saturated carbocycles. The summed E-state index contributed by atoms with van der Waals surface area (Å²) in [7, 11) is -3.09. The lowest BCUT2D eigenvalue weighted by molar-refractivity contribution is -0.143. The van der Waals surface area contributed by atoms with Crippen LogP contribution in [0, 0.1) is 11.8 Å². The quantitative estimate of drug-likeness (QED) is 0.870. The van der Waals surface area contributed by atoms with Gasteiger partial charge in [0.05, 0.1) is 17.4 Å². The van der Waals surface area contributed by atoms with Crippen molar-refractivity contribution in [3.63, 3.8) is 0 Å². The van der Waals surface area contributed by atoms with Crippen LogP contribution >= 0.6 is 27.5 Å². The van der Waals surface area contributed by atoms with Gasteiger partial charge in [0.2, 0.25) is 0 Å². The first kappa shape index (κ1) is 15.8. The summed E-state index contributed by atoms with van der Waals surface area (Å²) in [6.45, 7) is 0. The van der Waals surface area contributed by atoms with Gasteiger partial charge in [-0.2, -0.15) is 0 Å². The fourth-order valence-electron chi connectivity index (χ4n) is 2.52. The van der Waals surface area contributed by atoms with Crippen LogP contribution in [0.2, 0.25) is 5.02 Å². The van der Waals surface area contributed by atoms with Crippen LogP contribution < -0.4 is 0 Å². The zero-order valence-electron chi connectivity index (χ0n) is 10.6. The minimum Gasteiger partial charge on any atom is -0.481 e. The molecular formula is C13H14BrClO4S. The van der Waals surface area contributed by atoms with Crippen LogP contribution in [0.15, 0.2) is 22.7 Å². The van der Waals surface area contributed by atoms with E-state index in [4.69, 9.17) is 11.6 Å². The summed E-state index contributed by atoms with van der Waals surface area (Å²) in [4.78, 5) is 11.4. The molecule has 0 amide bonds. The highest BCUT2D eigenvalue weighted by Crippen LogP contribution is 2.31. The monoisotopic (exact) mass is 380 g/mol. The Morgan fingerprint density at radius 2 is 2.20 bits per heavy atom. The van der Waals surface area contributed by atoms with Crippen molar-refractivity contribution in [2.45, 2.75) is 12.8 Å². The van der Waals surface area contributed by atoms with E-state index < -0.39 is 21.7 Å². The summed E-state index contributed by atoms with van der Waals surface area (Å²) < 4.78 is 23.8. The van der Waals surface area contributed by atoms with Crippen molar-refractivity contribution in [1.29, 1.82) is 0 Å². The number of aliphatic carboxylic acids is 1. The Morgan fingerprint density at radius 3 is 2.70 bits per heavy atom. The van der Waals surface area contributed by atoms with E-state index >= 15 is 0 Å². The first-order valence-electron chi connectivity index (χ1n) is 6.15. The van der Waals surface area contributed by atoms with Crippen LogP contribution in [0.25, 0.3) is 0 Å². The van der Waals surface area contributed by atoms with Gasteiger partial charge in [-0.25, -0.2) is 8.42 Å². The van der Waals surface area contributed by atoms with Gasteiger partial charge in [-0.1, -0.05) is 33.6 Å². The molecule has 1 aromatic carbocycles. The third-order valence-electron chi connectivity index (χ3n) is 3.61. The molecule has 7 heteroatoms. The zero-order valence-corrected chi connectivity index (χ0v) is 13.7. The molecule has 4 nitrogen and oxygen atoms in total. The summed E-state index contributed by atoms with van der Waals surface area (Å²) in [5.74, 6) is -1.98. The van der Waals surface area contributed by atoms with Crippen molar-refractivity contribution in [2.24, 2.45) is 11.8 Å².